The van der Waals surface area contributed by atoms with Crippen LogP contribution in [0.15, 0.2) is 35.7 Å². The van der Waals surface area contributed by atoms with Gasteiger partial charge in [-0.2, -0.15) is 0 Å². The Morgan fingerprint density at radius 2 is 1.89 bits per heavy atom. The van der Waals surface area contributed by atoms with Crippen LogP contribution in [-0.2, 0) is 0 Å². The van der Waals surface area contributed by atoms with Crippen molar-refractivity contribution >= 4 is 22.2 Å². The first-order chi connectivity index (χ1) is 9.13. The Morgan fingerprint density at radius 3 is 2.63 bits per heavy atom. The second-order valence-electron chi connectivity index (χ2n) is 4.63. The Labute approximate surface area is 115 Å². The molecule has 0 aliphatic heterocycles. The van der Waals surface area contributed by atoms with Crippen molar-refractivity contribution < 1.29 is 5.11 Å². The normalized spacial score (nSPS) is 12.8. The molecule has 0 bridgehead atoms. The van der Waals surface area contributed by atoms with Gasteiger partial charge in [0.2, 0.25) is 0 Å². The Morgan fingerprint density at radius 1 is 1.05 bits per heavy atom. The summed E-state index contributed by atoms with van der Waals surface area (Å²) in [6.45, 7) is 3.90. The van der Waals surface area contributed by atoms with E-state index in [0.29, 0.717) is 0 Å². The van der Waals surface area contributed by atoms with Crippen LogP contribution in [0.3, 0.4) is 0 Å². The number of aliphatic hydroxyl groups excluding tert-OH is 1. The minimum atomic E-state index is -0.663. The van der Waals surface area contributed by atoms with Crippen molar-refractivity contribution in [2.45, 2.75) is 20.0 Å². The number of benzene rings is 1. The molecule has 19 heavy (non-hydrogen) atoms. The summed E-state index contributed by atoms with van der Waals surface area (Å²) >= 11 is 1.48. The van der Waals surface area contributed by atoms with Crippen LogP contribution in [0.4, 0.5) is 0 Å². The average Bonchev–Trinajstić information content (AvgIpc) is 2.84. The summed E-state index contributed by atoms with van der Waals surface area (Å²) in [5, 5.41) is 14.1. The third kappa shape index (κ3) is 2.37. The highest BCUT2D eigenvalue weighted by molar-refractivity contribution is 7.09. The number of nitrogens with zero attached hydrogens (tertiary/aromatic N) is 2. The first-order valence-electron chi connectivity index (χ1n) is 6.11. The van der Waals surface area contributed by atoms with Crippen molar-refractivity contribution in [1.82, 2.24) is 9.97 Å². The number of aromatic nitrogens is 2. The zero-order chi connectivity index (χ0) is 13.4. The molecular weight excluding hydrogens is 256 g/mol. The first-order valence-corrected chi connectivity index (χ1v) is 6.99. The molecule has 3 rings (SSSR count). The number of rotatable bonds is 2. The number of aliphatic hydroxyl groups is 1. The number of hydrogen-bond donors (Lipinski definition) is 1. The van der Waals surface area contributed by atoms with Crippen molar-refractivity contribution in [2.75, 3.05) is 0 Å². The zero-order valence-corrected chi connectivity index (χ0v) is 11.6. The van der Waals surface area contributed by atoms with Crippen molar-refractivity contribution in [3.05, 3.63) is 57.7 Å². The van der Waals surface area contributed by atoms with E-state index in [0.717, 1.165) is 32.9 Å². The van der Waals surface area contributed by atoms with Crippen molar-refractivity contribution in [2.24, 2.45) is 0 Å². The summed E-state index contributed by atoms with van der Waals surface area (Å²) in [6.07, 6.45) is -0.663. The van der Waals surface area contributed by atoms with Gasteiger partial charge in [-0.15, -0.1) is 11.3 Å². The van der Waals surface area contributed by atoms with E-state index in [1.165, 1.54) is 11.3 Å². The van der Waals surface area contributed by atoms with Crippen LogP contribution in [0.2, 0.25) is 0 Å². The number of hydrogen-bond acceptors (Lipinski definition) is 4. The van der Waals surface area contributed by atoms with E-state index in [9.17, 15) is 5.11 Å². The van der Waals surface area contributed by atoms with Crippen LogP contribution in [-0.4, -0.2) is 15.1 Å². The fourth-order valence-corrected chi connectivity index (χ4v) is 2.86. The van der Waals surface area contributed by atoms with Gasteiger partial charge in [0.05, 0.1) is 5.52 Å². The fraction of sp³-hybridized carbons (Fsp3) is 0.200. The van der Waals surface area contributed by atoms with Crippen LogP contribution in [0.1, 0.15) is 28.1 Å². The molecule has 2 heterocycles. The van der Waals surface area contributed by atoms with E-state index in [2.05, 4.69) is 9.97 Å². The van der Waals surface area contributed by atoms with Gasteiger partial charge < -0.3 is 5.11 Å². The highest BCUT2D eigenvalue weighted by atomic mass is 32.1. The lowest BCUT2D eigenvalue weighted by Gasteiger charge is -2.09. The lowest BCUT2D eigenvalue weighted by molar-refractivity contribution is 0.220. The third-order valence-electron chi connectivity index (χ3n) is 3.04. The molecule has 0 aliphatic rings. The quantitative estimate of drug-likeness (QED) is 0.776. The SMILES string of the molecule is Cc1csc(C(O)c2ccc3nc(C)ccc3c2)n1. The molecule has 0 aliphatic carbocycles. The highest BCUT2D eigenvalue weighted by Gasteiger charge is 2.14. The molecule has 0 saturated heterocycles. The number of fused-ring (bicyclic) bond motifs is 1. The van der Waals surface area contributed by atoms with Gasteiger partial charge in [0, 0.05) is 22.2 Å². The summed E-state index contributed by atoms with van der Waals surface area (Å²) in [5.74, 6) is 0. The van der Waals surface area contributed by atoms with Crippen LogP contribution in [0.5, 0.6) is 0 Å². The first kappa shape index (κ1) is 12.3. The maximum absolute atomic E-state index is 10.3. The topological polar surface area (TPSA) is 46.0 Å². The lowest BCUT2D eigenvalue weighted by Crippen LogP contribution is -1.99. The lowest BCUT2D eigenvalue weighted by atomic mass is 10.1. The molecule has 1 atom stereocenters. The summed E-state index contributed by atoms with van der Waals surface area (Å²) in [5.41, 5.74) is 3.74. The van der Waals surface area contributed by atoms with Gasteiger partial charge in [-0.25, -0.2) is 4.98 Å². The minimum absolute atomic E-state index is 0.663. The minimum Gasteiger partial charge on any atom is -0.381 e. The van der Waals surface area contributed by atoms with Gasteiger partial charge in [0.15, 0.2) is 0 Å². The van der Waals surface area contributed by atoms with Crippen LogP contribution < -0.4 is 0 Å². The average molecular weight is 270 g/mol. The van der Waals surface area contributed by atoms with E-state index >= 15 is 0 Å². The summed E-state index contributed by atoms with van der Waals surface area (Å²) in [7, 11) is 0. The molecule has 0 spiro atoms. The molecule has 1 N–H and O–H groups in total. The maximum atomic E-state index is 10.3. The smallest absolute Gasteiger partial charge is 0.131 e. The third-order valence-corrected chi connectivity index (χ3v) is 4.05. The number of aryl methyl sites for hydroxylation is 2. The predicted octanol–water partition coefficient (Wildman–Crippen LogP) is 3.39. The Bertz CT molecular complexity index is 736. The number of pyridine rings is 1. The van der Waals surface area contributed by atoms with E-state index in [1.807, 2.05) is 49.6 Å². The van der Waals surface area contributed by atoms with E-state index in [1.54, 1.807) is 0 Å². The number of thiazole rings is 1. The largest absolute Gasteiger partial charge is 0.381 e. The van der Waals surface area contributed by atoms with Crippen LogP contribution in [0.25, 0.3) is 10.9 Å². The maximum Gasteiger partial charge on any atom is 0.131 e. The summed E-state index contributed by atoms with van der Waals surface area (Å²) in [6, 6.07) is 9.84. The van der Waals surface area contributed by atoms with Crippen molar-refractivity contribution in [1.29, 1.82) is 0 Å². The van der Waals surface area contributed by atoms with Crippen LogP contribution >= 0.6 is 11.3 Å². The Balaban J connectivity index is 2.03. The second-order valence-corrected chi connectivity index (χ2v) is 5.52. The summed E-state index contributed by atoms with van der Waals surface area (Å²) in [4.78, 5) is 8.79. The highest BCUT2D eigenvalue weighted by Crippen LogP contribution is 2.27. The van der Waals surface area contributed by atoms with Gasteiger partial charge in [-0.05, 0) is 37.6 Å². The monoisotopic (exact) mass is 270 g/mol. The molecule has 1 unspecified atom stereocenters. The van der Waals surface area contributed by atoms with E-state index in [4.69, 9.17) is 0 Å². The standard InChI is InChI=1S/C15H14N2OS/c1-9-3-4-11-7-12(5-6-13(11)16-9)14(18)15-17-10(2)8-19-15/h3-8,14,18H,1-2H3. The molecule has 0 saturated carbocycles. The molecule has 0 fully saturated rings. The van der Waals surface area contributed by atoms with Crippen molar-refractivity contribution in [3.8, 4) is 0 Å². The van der Waals surface area contributed by atoms with Gasteiger partial charge in [0.25, 0.3) is 0 Å². The Hall–Kier alpha value is -1.78. The molecule has 1 aromatic carbocycles. The molecule has 96 valence electrons. The molecule has 0 radical (unpaired) electrons. The molecule has 2 aromatic heterocycles. The molecule has 0 amide bonds. The Kier molecular flexibility index (Phi) is 3.05. The second kappa shape index (κ2) is 4.72. The fourth-order valence-electron chi connectivity index (χ4n) is 2.06. The predicted molar refractivity (Wildman–Crippen MR) is 77.4 cm³/mol. The zero-order valence-electron chi connectivity index (χ0n) is 10.8. The van der Waals surface area contributed by atoms with Gasteiger partial charge in [-0.1, -0.05) is 12.1 Å². The van der Waals surface area contributed by atoms with Crippen LogP contribution in [0, 0.1) is 13.8 Å². The van der Waals surface area contributed by atoms with Gasteiger partial charge in [-0.3, -0.25) is 4.98 Å². The summed E-state index contributed by atoms with van der Waals surface area (Å²) < 4.78 is 0. The van der Waals surface area contributed by atoms with Crippen molar-refractivity contribution in [3.63, 3.8) is 0 Å². The molecular formula is C15H14N2OS. The molecule has 4 heteroatoms. The van der Waals surface area contributed by atoms with Gasteiger partial charge >= 0.3 is 0 Å². The van der Waals surface area contributed by atoms with Gasteiger partial charge in [0.1, 0.15) is 11.1 Å². The van der Waals surface area contributed by atoms with E-state index < -0.39 is 6.10 Å². The van der Waals surface area contributed by atoms with E-state index in [-0.39, 0.29) is 0 Å². The molecule has 3 nitrogen and oxygen atoms in total. The molecule has 3 aromatic rings.